The Balaban J connectivity index is 0.000000321. The summed E-state index contributed by atoms with van der Waals surface area (Å²) in [4.78, 5) is 28.2. The van der Waals surface area contributed by atoms with Gasteiger partial charge in [0.15, 0.2) is 11.6 Å². The Bertz CT molecular complexity index is 734. The largest absolute Gasteiger partial charge is 0.490 e. The van der Waals surface area contributed by atoms with Gasteiger partial charge in [-0.2, -0.15) is 18.2 Å². The second kappa shape index (κ2) is 7.93. The number of nitrogens with two attached hydrogens (primary N) is 1. The summed E-state index contributed by atoms with van der Waals surface area (Å²) in [6.45, 7) is 1.58. The first-order valence-electron chi connectivity index (χ1n) is 7.92. The van der Waals surface area contributed by atoms with E-state index in [4.69, 9.17) is 27.2 Å². The van der Waals surface area contributed by atoms with Crippen LogP contribution in [0.2, 0.25) is 5.28 Å². The molecule has 1 heterocycles. The molecule has 0 spiro atoms. The van der Waals surface area contributed by atoms with Gasteiger partial charge >= 0.3 is 12.1 Å². The zero-order chi connectivity index (χ0) is 20.5. The minimum Gasteiger partial charge on any atom is -0.475 e. The molecule has 3 rings (SSSR count). The molecule has 0 amide bonds. The van der Waals surface area contributed by atoms with E-state index in [0.29, 0.717) is 0 Å². The van der Waals surface area contributed by atoms with Crippen LogP contribution in [0.4, 0.5) is 23.4 Å². The van der Waals surface area contributed by atoms with Gasteiger partial charge in [-0.1, -0.05) is 0 Å². The lowest BCUT2D eigenvalue weighted by atomic mass is 9.80. The normalized spacial score (nSPS) is 29.1. The highest BCUT2D eigenvalue weighted by Gasteiger charge is 2.53. The summed E-state index contributed by atoms with van der Waals surface area (Å²) in [5.41, 5.74) is 6.09. The Morgan fingerprint density at radius 3 is 2.48 bits per heavy atom. The molecule has 0 radical (unpaired) electrons. The number of carbonyl (C=O) groups is 2. The van der Waals surface area contributed by atoms with Crippen LogP contribution in [0.15, 0.2) is 6.20 Å². The van der Waals surface area contributed by atoms with E-state index in [1.165, 1.54) is 0 Å². The maximum absolute atomic E-state index is 13.7. The molecule has 2 fully saturated rings. The molecule has 2 aliphatic rings. The Morgan fingerprint density at radius 1 is 1.37 bits per heavy atom. The minimum atomic E-state index is -5.08. The summed E-state index contributed by atoms with van der Waals surface area (Å²) in [6.07, 6.45) is -2.29. The number of carbonyl (C=O) groups excluding carboxylic acids is 1. The number of rotatable bonds is 3. The van der Waals surface area contributed by atoms with Crippen LogP contribution in [0.3, 0.4) is 0 Å². The van der Waals surface area contributed by atoms with E-state index in [1.807, 2.05) is 0 Å². The first kappa shape index (κ1) is 21.3. The number of nitrogens with one attached hydrogen (secondary N) is 1. The molecule has 2 aliphatic carbocycles. The van der Waals surface area contributed by atoms with Gasteiger partial charge in [-0.15, -0.1) is 0 Å². The average Bonchev–Trinajstić information content (AvgIpc) is 3.07. The number of hydrogen-bond acceptors (Lipinski definition) is 6. The molecule has 7 nitrogen and oxygen atoms in total. The highest BCUT2D eigenvalue weighted by molar-refractivity contribution is 6.28. The molecule has 4 N–H and O–H groups in total. The van der Waals surface area contributed by atoms with E-state index in [0.717, 1.165) is 19.0 Å². The monoisotopic (exact) mass is 412 g/mol. The number of halogens is 5. The molecule has 27 heavy (non-hydrogen) atoms. The number of Topliss-reactive ketones (excluding diaryl/α,β-unsaturated/α-hetero) is 1. The smallest absolute Gasteiger partial charge is 0.475 e. The Hall–Kier alpha value is -2.01. The van der Waals surface area contributed by atoms with Crippen molar-refractivity contribution in [1.29, 1.82) is 0 Å². The number of alkyl halides is 3. The number of hydrogen-bond donors (Lipinski definition) is 3. The van der Waals surface area contributed by atoms with Gasteiger partial charge in [0.25, 0.3) is 0 Å². The van der Waals surface area contributed by atoms with Gasteiger partial charge in [0, 0.05) is 18.0 Å². The van der Waals surface area contributed by atoms with Crippen molar-refractivity contribution in [2.75, 3.05) is 5.32 Å². The summed E-state index contributed by atoms with van der Waals surface area (Å²) >= 11 is 5.69. The third-order valence-corrected chi connectivity index (χ3v) is 4.97. The fraction of sp³-hybridized carbons (Fsp3) is 0.600. The van der Waals surface area contributed by atoms with Crippen LogP contribution in [-0.2, 0) is 9.59 Å². The van der Waals surface area contributed by atoms with Crippen molar-refractivity contribution >= 4 is 29.2 Å². The molecular formula is C15H17ClF4N4O3. The lowest BCUT2D eigenvalue weighted by Gasteiger charge is -2.33. The third kappa shape index (κ3) is 4.83. The number of fused-ring (bicyclic) bond motifs is 2. The summed E-state index contributed by atoms with van der Waals surface area (Å²) in [5.74, 6) is -2.86. The molecular weight excluding hydrogens is 396 g/mol. The van der Waals surface area contributed by atoms with E-state index in [2.05, 4.69) is 15.3 Å². The number of carboxylic acid groups (broad SMARTS) is 1. The Morgan fingerprint density at radius 2 is 1.96 bits per heavy atom. The van der Waals surface area contributed by atoms with Gasteiger partial charge in [0.1, 0.15) is 5.78 Å². The second-order valence-electron chi connectivity index (χ2n) is 6.50. The van der Waals surface area contributed by atoms with Crippen LogP contribution in [0.25, 0.3) is 0 Å². The molecule has 0 saturated heterocycles. The predicted octanol–water partition coefficient (Wildman–Crippen LogP) is 2.26. The van der Waals surface area contributed by atoms with E-state index in [-0.39, 0.29) is 46.7 Å². The first-order valence-corrected chi connectivity index (χ1v) is 8.30. The number of ketones is 1. The zero-order valence-corrected chi connectivity index (χ0v) is 14.8. The Labute approximate surface area is 156 Å². The quantitative estimate of drug-likeness (QED) is 0.514. The Kier molecular flexibility index (Phi) is 6.25. The fourth-order valence-corrected chi connectivity index (χ4v) is 3.93. The third-order valence-electron chi connectivity index (χ3n) is 4.79. The van der Waals surface area contributed by atoms with E-state index in [1.54, 1.807) is 6.92 Å². The van der Waals surface area contributed by atoms with E-state index < -0.39 is 18.0 Å². The lowest BCUT2D eigenvalue weighted by Crippen LogP contribution is -2.46. The van der Waals surface area contributed by atoms with Crippen molar-refractivity contribution in [3.8, 4) is 0 Å². The number of anilines is 1. The van der Waals surface area contributed by atoms with Crippen LogP contribution in [0, 0.1) is 23.6 Å². The number of carboxylic acids is 1. The standard InChI is InChI=1S/C13H16ClFN4O.C2HF3O2/c1-5(20)10-6-2-7(9(16)3-6)11(10)18-12-8(15)4-17-13(14)19-12;3-2(4,5)1(6)7/h4,6-7,9-11H,2-3,16H2,1H3,(H,17,18,19);(H,6,7)/t6-,7+,9+,10-,11+;/m0./s1. The molecule has 5 atom stereocenters. The maximum atomic E-state index is 13.7. The highest BCUT2D eigenvalue weighted by Crippen LogP contribution is 2.49. The summed E-state index contributed by atoms with van der Waals surface area (Å²) in [5, 5.41) is 10.1. The SMILES string of the molecule is CC(=O)[C@H]1[C@H]2C[C@@H]([C@H]1Nc1nc(Cl)ncc1F)[C@H](N)C2.O=C(O)C(F)(F)F. The van der Waals surface area contributed by atoms with Crippen molar-refractivity contribution < 1.29 is 32.3 Å². The van der Waals surface area contributed by atoms with Crippen molar-refractivity contribution in [2.45, 2.75) is 38.0 Å². The van der Waals surface area contributed by atoms with Crippen molar-refractivity contribution in [3.63, 3.8) is 0 Å². The first-order chi connectivity index (χ1) is 12.4. The molecule has 1 aromatic rings. The van der Waals surface area contributed by atoms with Gasteiger partial charge in [-0.25, -0.2) is 14.2 Å². The summed E-state index contributed by atoms with van der Waals surface area (Å²) in [6, 6.07) is -0.129. The van der Waals surface area contributed by atoms with Gasteiger partial charge in [-0.05, 0) is 43.2 Å². The van der Waals surface area contributed by atoms with Crippen molar-refractivity contribution in [2.24, 2.45) is 23.5 Å². The topological polar surface area (TPSA) is 118 Å². The van der Waals surface area contributed by atoms with Gasteiger partial charge in [0.2, 0.25) is 5.28 Å². The van der Waals surface area contributed by atoms with Gasteiger partial charge in [-0.3, -0.25) is 4.79 Å². The second-order valence-corrected chi connectivity index (χ2v) is 6.84. The van der Waals surface area contributed by atoms with Crippen molar-refractivity contribution in [3.05, 3.63) is 17.3 Å². The van der Waals surface area contributed by atoms with Crippen molar-refractivity contribution in [1.82, 2.24) is 9.97 Å². The van der Waals surface area contributed by atoms with E-state index in [9.17, 15) is 22.4 Å². The fourth-order valence-electron chi connectivity index (χ4n) is 3.80. The molecule has 0 aliphatic heterocycles. The molecule has 0 unspecified atom stereocenters. The predicted molar refractivity (Wildman–Crippen MR) is 86.5 cm³/mol. The summed E-state index contributed by atoms with van der Waals surface area (Å²) < 4.78 is 45.5. The zero-order valence-electron chi connectivity index (χ0n) is 14.0. The number of aromatic nitrogens is 2. The van der Waals surface area contributed by atoms with Crippen LogP contribution < -0.4 is 11.1 Å². The molecule has 1 aromatic heterocycles. The maximum Gasteiger partial charge on any atom is 0.490 e. The van der Waals surface area contributed by atoms with Gasteiger partial charge < -0.3 is 16.2 Å². The summed E-state index contributed by atoms with van der Waals surface area (Å²) in [7, 11) is 0. The number of nitrogens with zero attached hydrogens (tertiary/aromatic N) is 2. The average molecular weight is 413 g/mol. The van der Waals surface area contributed by atoms with Crippen LogP contribution in [-0.4, -0.2) is 45.1 Å². The highest BCUT2D eigenvalue weighted by atomic mass is 35.5. The molecule has 150 valence electrons. The van der Waals surface area contributed by atoms with Gasteiger partial charge in [0.05, 0.1) is 6.20 Å². The lowest BCUT2D eigenvalue weighted by molar-refractivity contribution is -0.192. The molecule has 2 saturated carbocycles. The molecule has 0 aromatic carbocycles. The van der Waals surface area contributed by atoms with Crippen LogP contribution in [0.5, 0.6) is 0 Å². The molecule has 12 heteroatoms. The van der Waals surface area contributed by atoms with E-state index >= 15 is 0 Å². The number of aliphatic carboxylic acids is 1. The molecule has 2 bridgehead atoms. The minimum absolute atomic E-state index is 0.0271. The van der Waals surface area contributed by atoms with Crippen LogP contribution in [0.1, 0.15) is 19.8 Å². The van der Waals surface area contributed by atoms with Crippen LogP contribution >= 0.6 is 11.6 Å².